The minimum Gasteiger partial charge on any atom is -0.387 e. The molecule has 4 heteroatoms. The Kier molecular flexibility index (Phi) is 6.88. The Bertz CT molecular complexity index is 2310. The highest BCUT2D eigenvalue weighted by Gasteiger charge is 2.12. The fourth-order valence-corrected chi connectivity index (χ4v) is 6.77. The van der Waals surface area contributed by atoms with E-state index in [2.05, 4.69) is 106 Å². The van der Waals surface area contributed by atoms with Gasteiger partial charge in [0.1, 0.15) is 0 Å². The number of aromatic nitrogens is 3. The molecule has 6 aromatic rings. The van der Waals surface area contributed by atoms with E-state index in [1.54, 1.807) is 5.56 Å². The van der Waals surface area contributed by atoms with Gasteiger partial charge in [0.2, 0.25) is 0 Å². The van der Waals surface area contributed by atoms with Crippen LogP contribution in [0.1, 0.15) is 29.5 Å². The Balaban J connectivity index is 0.000000434. The number of allylic oxidation sites excluding steroid dienone is 2. The molecule has 0 amide bonds. The van der Waals surface area contributed by atoms with Gasteiger partial charge in [-0.15, -0.1) is 0 Å². The maximum Gasteiger partial charge on any atom is 0.0702 e. The van der Waals surface area contributed by atoms with Gasteiger partial charge < -0.3 is 5.32 Å². The van der Waals surface area contributed by atoms with E-state index in [9.17, 15) is 0 Å². The Hall–Kier alpha value is -5.22. The van der Waals surface area contributed by atoms with Crippen molar-refractivity contribution in [3.63, 3.8) is 0 Å². The lowest BCUT2D eigenvalue weighted by Gasteiger charge is -2.16. The van der Waals surface area contributed by atoms with Crippen molar-refractivity contribution in [3.05, 3.63) is 153 Å². The minimum atomic E-state index is 0.730. The van der Waals surface area contributed by atoms with Crippen molar-refractivity contribution in [1.29, 1.82) is 0 Å². The quantitative estimate of drug-likeness (QED) is 0.258. The second-order valence-corrected chi connectivity index (χ2v) is 11.8. The van der Waals surface area contributed by atoms with Crippen LogP contribution < -0.4 is 15.8 Å². The number of dihydropyridines is 1. The molecular formula is C40H34N4. The van der Waals surface area contributed by atoms with Crippen LogP contribution >= 0.6 is 0 Å². The lowest BCUT2D eigenvalue weighted by molar-refractivity contribution is 0.713. The zero-order valence-corrected chi connectivity index (χ0v) is 24.7. The maximum absolute atomic E-state index is 4.73. The number of nitrogens with one attached hydrogen (secondary N) is 1. The highest BCUT2D eigenvalue weighted by molar-refractivity contribution is 5.85. The molecule has 0 atom stereocenters. The normalized spacial score (nSPS) is 14.4. The first-order valence-electron chi connectivity index (χ1n) is 15.6. The molecule has 0 saturated heterocycles. The molecule has 4 aromatic carbocycles. The summed E-state index contributed by atoms with van der Waals surface area (Å²) in [6.45, 7) is 1.71. The Morgan fingerprint density at radius 2 is 1.70 bits per heavy atom. The predicted molar refractivity (Wildman–Crippen MR) is 181 cm³/mol. The second-order valence-electron chi connectivity index (χ2n) is 11.8. The van der Waals surface area contributed by atoms with Crippen molar-refractivity contribution in [1.82, 2.24) is 20.1 Å². The molecule has 0 bridgehead atoms. The molecule has 2 aromatic heterocycles. The summed E-state index contributed by atoms with van der Waals surface area (Å²) in [5.41, 5.74) is 8.99. The zero-order valence-electron chi connectivity index (χ0n) is 24.7. The first-order valence-corrected chi connectivity index (χ1v) is 15.6. The topological polar surface area (TPSA) is 42.7 Å². The van der Waals surface area contributed by atoms with Crippen molar-refractivity contribution in [2.24, 2.45) is 0 Å². The summed E-state index contributed by atoms with van der Waals surface area (Å²) in [4.78, 5) is 4.45. The standard InChI is InChI=1S/C35H27N3.C5H7N/c1-2-6-30-24(4-1)10-14-33-31-13-11-25(19-27(31)12-15-32(30)33)26-8-9-29-21-37-38(35(29)20-26)22-23-7-16-34-28(18-23)5-3-17-36-34;1-2-4-6-5-3-1/h3-5,7-14,16-21H,1-2,6,15,22H2;1-4,6H,5H2. The Morgan fingerprint density at radius 1 is 0.773 bits per heavy atom. The minimum absolute atomic E-state index is 0.730. The van der Waals surface area contributed by atoms with Gasteiger partial charge >= 0.3 is 0 Å². The van der Waals surface area contributed by atoms with Gasteiger partial charge in [0.25, 0.3) is 0 Å². The molecule has 0 saturated carbocycles. The van der Waals surface area contributed by atoms with E-state index in [0.717, 1.165) is 41.3 Å². The fraction of sp³-hybridized carbons (Fsp3) is 0.150. The maximum atomic E-state index is 4.73. The summed E-state index contributed by atoms with van der Waals surface area (Å²) >= 11 is 0. The molecule has 3 aliphatic rings. The fourth-order valence-electron chi connectivity index (χ4n) is 6.77. The first-order chi connectivity index (χ1) is 21.8. The molecule has 4 nitrogen and oxygen atoms in total. The highest BCUT2D eigenvalue weighted by atomic mass is 15.3. The summed E-state index contributed by atoms with van der Waals surface area (Å²) in [5.74, 6) is 0. The number of nitrogens with zero attached hydrogens (tertiary/aromatic N) is 3. The van der Waals surface area contributed by atoms with E-state index < -0.39 is 0 Å². The highest BCUT2D eigenvalue weighted by Crippen LogP contribution is 2.26. The van der Waals surface area contributed by atoms with Crippen molar-refractivity contribution < 1.29 is 0 Å². The summed E-state index contributed by atoms with van der Waals surface area (Å²) in [5, 5.41) is 15.6. The zero-order chi connectivity index (χ0) is 29.3. The summed E-state index contributed by atoms with van der Waals surface area (Å²) < 4.78 is 2.11. The summed E-state index contributed by atoms with van der Waals surface area (Å²) in [7, 11) is 0. The van der Waals surface area contributed by atoms with E-state index in [1.165, 1.54) is 62.4 Å². The smallest absolute Gasteiger partial charge is 0.0702 e. The van der Waals surface area contributed by atoms with Gasteiger partial charge in [-0.25, -0.2) is 0 Å². The van der Waals surface area contributed by atoms with Crippen LogP contribution in [-0.4, -0.2) is 21.3 Å². The number of hydrogen-bond donors (Lipinski definition) is 1. The van der Waals surface area contributed by atoms with Crippen LogP contribution in [0, 0.1) is 10.4 Å². The van der Waals surface area contributed by atoms with Crippen LogP contribution in [0.4, 0.5) is 0 Å². The van der Waals surface area contributed by atoms with Crippen molar-refractivity contribution >= 4 is 34.0 Å². The lowest BCUT2D eigenvalue weighted by atomic mass is 9.88. The molecule has 0 fully saturated rings. The molecule has 3 heterocycles. The number of hydrogen-bond acceptors (Lipinski definition) is 3. The van der Waals surface area contributed by atoms with Gasteiger partial charge in [0, 0.05) is 23.5 Å². The number of fused-ring (bicyclic) bond motifs is 6. The van der Waals surface area contributed by atoms with E-state index >= 15 is 0 Å². The van der Waals surface area contributed by atoms with Crippen molar-refractivity contribution in [3.8, 4) is 11.1 Å². The average Bonchev–Trinajstić information content (AvgIpc) is 3.50. The molecule has 9 rings (SSSR count). The van der Waals surface area contributed by atoms with E-state index in [1.807, 2.05) is 36.8 Å². The van der Waals surface area contributed by atoms with Crippen LogP contribution in [0.5, 0.6) is 0 Å². The van der Waals surface area contributed by atoms with E-state index in [-0.39, 0.29) is 0 Å². The summed E-state index contributed by atoms with van der Waals surface area (Å²) in [6.07, 6.45) is 21.4. The molecule has 0 spiro atoms. The third-order valence-corrected chi connectivity index (χ3v) is 9.01. The largest absolute Gasteiger partial charge is 0.387 e. The van der Waals surface area contributed by atoms with Gasteiger partial charge in [-0.05, 0) is 117 Å². The van der Waals surface area contributed by atoms with Crippen LogP contribution in [-0.2, 0) is 19.4 Å². The molecule has 1 aliphatic heterocycles. The molecule has 1 N–H and O–H groups in total. The molecule has 2 aliphatic carbocycles. The van der Waals surface area contributed by atoms with Gasteiger partial charge in [-0.1, -0.05) is 72.8 Å². The molecule has 0 unspecified atom stereocenters. The average molecular weight is 571 g/mol. The molecular weight excluding hydrogens is 536 g/mol. The third kappa shape index (κ3) is 5.03. The SMILES string of the molecule is C1=CCNC=C1.C1=c2ccc3c(c2CCC1)CC=c1cc(-c2ccc4cnn(Cc5ccc6ncccc6c5)c4c2)ccc1=3. The Morgan fingerprint density at radius 3 is 2.59 bits per heavy atom. The van der Waals surface area contributed by atoms with E-state index in [4.69, 9.17) is 5.10 Å². The van der Waals surface area contributed by atoms with Gasteiger partial charge in [-0.3, -0.25) is 9.67 Å². The van der Waals surface area contributed by atoms with Crippen LogP contribution in [0.2, 0.25) is 0 Å². The third-order valence-electron chi connectivity index (χ3n) is 9.01. The van der Waals surface area contributed by atoms with E-state index in [0.29, 0.717) is 0 Å². The number of pyridine rings is 1. The van der Waals surface area contributed by atoms with Crippen LogP contribution in [0.15, 0.2) is 116 Å². The number of benzene rings is 4. The monoisotopic (exact) mass is 570 g/mol. The molecule has 0 radical (unpaired) electrons. The lowest BCUT2D eigenvalue weighted by Crippen LogP contribution is -2.19. The molecule has 214 valence electrons. The molecule has 44 heavy (non-hydrogen) atoms. The van der Waals surface area contributed by atoms with Crippen LogP contribution in [0.25, 0.3) is 45.1 Å². The van der Waals surface area contributed by atoms with Crippen LogP contribution in [0.3, 0.4) is 0 Å². The van der Waals surface area contributed by atoms with Gasteiger partial charge in [0.15, 0.2) is 0 Å². The first kappa shape index (κ1) is 26.4. The van der Waals surface area contributed by atoms with Crippen molar-refractivity contribution in [2.45, 2.75) is 32.2 Å². The van der Waals surface area contributed by atoms with Crippen molar-refractivity contribution in [2.75, 3.05) is 6.54 Å². The van der Waals surface area contributed by atoms with Gasteiger partial charge in [0.05, 0.1) is 23.8 Å². The Labute approximate surface area is 256 Å². The second kappa shape index (κ2) is 11.5. The summed E-state index contributed by atoms with van der Waals surface area (Å²) in [6, 6.07) is 28.9. The predicted octanol–water partition coefficient (Wildman–Crippen LogP) is 6.70. The number of rotatable bonds is 3. The van der Waals surface area contributed by atoms with Gasteiger partial charge in [-0.2, -0.15) is 5.10 Å².